The number of nitrogens with two attached hydrogens (primary N) is 1. The average Bonchev–Trinajstić information content (AvgIpc) is 2.30. The number of hydrogen-bond acceptors (Lipinski definition) is 2. The summed E-state index contributed by atoms with van der Waals surface area (Å²) in [5.74, 6) is -0.170. The maximum absolute atomic E-state index is 12.8. The van der Waals surface area contributed by atoms with E-state index in [1.54, 1.807) is 0 Å². The fourth-order valence-corrected chi connectivity index (χ4v) is 2.26. The molecule has 88 valence electrons. The van der Waals surface area contributed by atoms with E-state index in [-0.39, 0.29) is 5.82 Å². The zero-order valence-corrected chi connectivity index (χ0v) is 9.70. The van der Waals surface area contributed by atoms with Crippen LogP contribution in [0, 0.1) is 5.82 Å². The van der Waals surface area contributed by atoms with Crippen LogP contribution in [0.15, 0.2) is 24.3 Å². The van der Waals surface area contributed by atoms with Crippen molar-refractivity contribution in [2.24, 2.45) is 5.73 Å². The van der Waals surface area contributed by atoms with Crippen LogP contribution in [0.25, 0.3) is 0 Å². The highest BCUT2D eigenvalue weighted by molar-refractivity contribution is 5.19. The highest BCUT2D eigenvalue weighted by Crippen LogP contribution is 2.23. The van der Waals surface area contributed by atoms with Crippen molar-refractivity contribution >= 4 is 0 Å². The second kappa shape index (κ2) is 4.93. The molecule has 1 saturated heterocycles. The van der Waals surface area contributed by atoms with E-state index in [9.17, 15) is 4.39 Å². The predicted octanol–water partition coefficient (Wildman–Crippen LogP) is 2.31. The molecule has 0 saturated carbocycles. The van der Waals surface area contributed by atoms with E-state index in [4.69, 9.17) is 5.73 Å². The number of benzene rings is 1. The van der Waals surface area contributed by atoms with E-state index in [0.717, 1.165) is 25.9 Å². The quantitative estimate of drug-likeness (QED) is 0.832. The van der Waals surface area contributed by atoms with Gasteiger partial charge in [-0.25, -0.2) is 4.39 Å². The first-order valence-electron chi connectivity index (χ1n) is 5.92. The van der Waals surface area contributed by atoms with Crippen LogP contribution in [0.5, 0.6) is 0 Å². The number of halogens is 1. The Morgan fingerprint density at radius 1 is 1.25 bits per heavy atom. The third-order valence-electron chi connectivity index (χ3n) is 3.47. The molecule has 1 aliphatic rings. The standard InChI is InChI=1S/C13H19FN2/c1-10(11-2-4-12(14)5-3-11)16-8-6-13(15)7-9-16/h2-5,10,13H,6-9,15H2,1H3/t10-/m0/s1. The maximum Gasteiger partial charge on any atom is 0.123 e. The third-order valence-corrected chi connectivity index (χ3v) is 3.47. The smallest absolute Gasteiger partial charge is 0.123 e. The summed E-state index contributed by atoms with van der Waals surface area (Å²) in [6.45, 7) is 4.25. The molecule has 0 amide bonds. The van der Waals surface area contributed by atoms with Crippen LogP contribution < -0.4 is 5.73 Å². The Bertz CT molecular complexity index is 328. The van der Waals surface area contributed by atoms with Gasteiger partial charge in [0.1, 0.15) is 5.82 Å². The van der Waals surface area contributed by atoms with Crippen molar-refractivity contribution in [3.05, 3.63) is 35.6 Å². The number of nitrogens with zero attached hydrogens (tertiary/aromatic N) is 1. The van der Waals surface area contributed by atoms with Crippen LogP contribution >= 0.6 is 0 Å². The summed E-state index contributed by atoms with van der Waals surface area (Å²) in [5, 5.41) is 0. The number of piperidine rings is 1. The summed E-state index contributed by atoms with van der Waals surface area (Å²) < 4.78 is 12.8. The molecule has 1 heterocycles. The fraction of sp³-hybridized carbons (Fsp3) is 0.538. The molecule has 0 aliphatic carbocycles. The van der Waals surface area contributed by atoms with Crippen molar-refractivity contribution in [1.82, 2.24) is 4.90 Å². The fourth-order valence-electron chi connectivity index (χ4n) is 2.26. The summed E-state index contributed by atoms with van der Waals surface area (Å²) in [4.78, 5) is 2.41. The largest absolute Gasteiger partial charge is 0.328 e. The lowest BCUT2D eigenvalue weighted by molar-refractivity contribution is 0.163. The molecule has 2 N–H and O–H groups in total. The number of likely N-dealkylation sites (tertiary alicyclic amines) is 1. The molecule has 0 bridgehead atoms. The second-order valence-electron chi connectivity index (χ2n) is 4.60. The molecule has 1 fully saturated rings. The van der Waals surface area contributed by atoms with Crippen molar-refractivity contribution < 1.29 is 4.39 Å². The zero-order chi connectivity index (χ0) is 11.5. The summed E-state index contributed by atoms with van der Waals surface area (Å²) in [7, 11) is 0. The molecule has 0 spiro atoms. The second-order valence-corrected chi connectivity index (χ2v) is 4.60. The van der Waals surface area contributed by atoms with Crippen molar-refractivity contribution in [2.45, 2.75) is 31.8 Å². The molecule has 0 aromatic heterocycles. The summed E-state index contributed by atoms with van der Waals surface area (Å²) in [6, 6.07) is 7.51. The van der Waals surface area contributed by atoms with Gasteiger partial charge in [-0.2, -0.15) is 0 Å². The monoisotopic (exact) mass is 222 g/mol. The Hall–Kier alpha value is -0.930. The van der Waals surface area contributed by atoms with Crippen molar-refractivity contribution in [1.29, 1.82) is 0 Å². The van der Waals surface area contributed by atoms with Crippen molar-refractivity contribution in [2.75, 3.05) is 13.1 Å². The van der Waals surface area contributed by atoms with E-state index in [0.29, 0.717) is 12.1 Å². The Morgan fingerprint density at radius 3 is 2.38 bits per heavy atom. The minimum absolute atomic E-state index is 0.170. The van der Waals surface area contributed by atoms with Crippen LogP contribution in [0.2, 0.25) is 0 Å². The van der Waals surface area contributed by atoms with Crippen LogP contribution in [0.1, 0.15) is 31.4 Å². The summed E-state index contributed by atoms with van der Waals surface area (Å²) in [5.41, 5.74) is 7.06. The van der Waals surface area contributed by atoms with E-state index < -0.39 is 0 Å². The van der Waals surface area contributed by atoms with E-state index in [1.807, 2.05) is 12.1 Å². The Labute approximate surface area is 96.2 Å². The van der Waals surface area contributed by atoms with Gasteiger partial charge in [-0.05, 0) is 37.5 Å². The molecule has 3 heteroatoms. The molecule has 0 radical (unpaired) electrons. The lowest BCUT2D eigenvalue weighted by Crippen LogP contribution is -2.40. The molecular weight excluding hydrogens is 203 g/mol. The van der Waals surface area contributed by atoms with Gasteiger partial charge in [-0.15, -0.1) is 0 Å². The normalized spacial score (nSPS) is 20.9. The lowest BCUT2D eigenvalue weighted by Gasteiger charge is -2.35. The minimum atomic E-state index is -0.170. The Morgan fingerprint density at radius 2 is 1.81 bits per heavy atom. The topological polar surface area (TPSA) is 29.3 Å². The maximum atomic E-state index is 12.8. The van der Waals surface area contributed by atoms with Gasteiger partial charge in [0.2, 0.25) is 0 Å². The van der Waals surface area contributed by atoms with Crippen molar-refractivity contribution in [3.8, 4) is 0 Å². The van der Waals surface area contributed by atoms with Gasteiger partial charge >= 0.3 is 0 Å². The first-order valence-corrected chi connectivity index (χ1v) is 5.92. The van der Waals surface area contributed by atoms with E-state index >= 15 is 0 Å². The average molecular weight is 222 g/mol. The van der Waals surface area contributed by atoms with Gasteiger partial charge in [0, 0.05) is 25.2 Å². The molecule has 0 unspecified atom stereocenters. The number of hydrogen-bond donors (Lipinski definition) is 1. The zero-order valence-electron chi connectivity index (χ0n) is 9.70. The molecule has 1 aliphatic heterocycles. The van der Waals surface area contributed by atoms with E-state index in [1.165, 1.54) is 17.7 Å². The SMILES string of the molecule is C[C@@H](c1ccc(F)cc1)N1CCC(N)CC1. The third kappa shape index (κ3) is 2.60. The number of rotatable bonds is 2. The van der Waals surface area contributed by atoms with Gasteiger partial charge in [-0.3, -0.25) is 4.90 Å². The lowest BCUT2D eigenvalue weighted by atomic mass is 10.0. The van der Waals surface area contributed by atoms with Crippen LogP contribution in [-0.4, -0.2) is 24.0 Å². The summed E-state index contributed by atoms with van der Waals surface area (Å²) >= 11 is 0. The molecule has 2 rings (SSSR count). The molecule has 1 aromatic rings. The van der Waals surface area contributed by atoms with Gasteiger partial charge < -0.3 is 5.73 Å². The van der Waals surface area contributed by atoms with Crippen molar-refractivity contribution in [3.63, 3.8) is 0 Å². The van der Waals surface area contributed by atoms with Gasteiger partial charge in [-0.1, -0.05) is 12.1 Å². The Kier molecular flexibility index (Phi) is 3.56. The van der Waals surface area contributed by atoms with Crippen LogP contribution in [0.3, 0.4) is 0 Å². The van der Waals surface area contributed by atoms with Gasteiger partial charge in [0.25, 0.3) is 0 Å². The molecule has 16 heavy (non-hydrogen) atoms. The summed E-state index contributed by atoms with van der Waals surface area (Å²) in [6.07, 6.45) is 2.12. The minimum Gasteiger partial charge on any atom is -0.328 e. The Balaban J connectivity index is 2.01. The first-order chi connectivity index (χ1) is 7.66. The highest BCUT2D eigenvalue weighted by Gasteiger charge is 2.21. The van der Waals surface area contributed by atoms with Gasteiger partial charge in [0.05, 0.1) is 0 Å². The molecule has 1 atom stereocenters. The predicted molar refractivity (Wildman–Crippen MR) is 63.6 cm³/mol. The molecule has 2 nitrogen and oxygen atoms in total. The van der Waals surface area contributed by atoms with E-state index in [2.05, 4.69) is 11.8 Å². The molecular formula is C13H19FN2. The first kappa shape index (κ1) is 11.6. The van der Waals surface area contributed by atoms with Crippen LogP contribution in [-0.2, 0) is 0 Å². The molecule has 1 aromatic carbocycles. The highest BCUT2D eigenvalue weighted by atomic mass is 19.1. The van der Waals surface area contributed by atoms with Gasteiger partial charge in [0.15, 0.2) is 0 Å². The van der Waals surface area contributed by atoms with Crippen LogP contribution in [0.4, 0.5) is 4.39 Å².